The van der Waals surface area contributed by atoms with Crippen LogP contribution in [0.1, 0.15) is 51.8 Å². The lowest BCUT2D eigenvalue weighted by atomic mass is 9.96. The molecule has 5 nitrogen and oxygen atoms in total. The lowest BCUT2D eigenvalue weighted by Crippen LogP contribution is -2.19. The molecule has 3 rings (SSSR count). The molecule has 0 aromatic carbocycles. The van der Waals surface area contributed by atoms with Crippen LogP contribution in [0.2, 0.25) is 0 Å². The van der Waals surface area contributed by atoms with E-state index in [0.29, 0.717) is 0 Å². The predicted molar refractivity (Wildman–Crippen MR) is 88.7 cm³/mol. The van der Waals surface area contributed by atoms with Gasteiger partial charge in [-0.1, -0.05) is 0 Å². The summed E-state index contributed by atoms with van der Waals surface area (Å²) in [6, 6.07) is 0. The largest absolute Gasteiger partial charge is 0.272 e. The molecule has 0 saturated carbocycles. The molecule has 0 atom stereocenters. The van der Waals surface area contributed by atoms with E-state index < -0.39 is 0 Å². The van der Waals surface area contributed by atoms with Gasteiger partial charge in [-0.15, -0.1) is 11.3 Å². The maximum atomic E-state index is 12.3. The molecular formula is C16H20N4OS. The number of thiophene rings is 1. The molecule has 0 spiro atoms. The Morgan fingerprint density at radius 3 is 3.09 bits per heavy atom. The topological polar surface area (TPSA) is 59.3 Å². The average molecular weight is 316 g/mol. The fourth-order valence-electron chi connectivity index (χ4n) is 2.81. The summed E-state index contributed by atoms with van der Waals surface area (Å²) in [6.07, 6.45) is 7.93. The molecule has 0 unspecified atom stereocenters. The Morgan fingerprint density at radius 1 is 1.50 bits per heavy atom. The number of rotatable bonds is 4. The normalized spacial score (nSPS) is 14.3. The SMILES string of the molecule is CCn1ncc(/C=N/NC(=O)c2csc3c2CCCC3)c1C. The highest BCUT2D eigenvalue weighted by atomic mass is 32.1. The third-order valence-corrected chi connectivity index (χ3v) is 5.20. The summed E-state index contributed by atoms with van der Waals surface area (Å²) in [5, 5.41) is 10.3. The van der Waals surface area contributed by atoms with Crippen LogP contribution in [0.15, 0.2) is 16.7 Å². The minimum Gasteiger partial charge on any atom is -0.269 e. The van der Waals surface area contributed by atoms with Crippen molar-refractivity contribution in [3.63, 3.8) is 0 Å². The molecule has 0 aliphatic heterocycles. The van der Waals surface area contributed by atoms with Crippen molar-refractivity contribution in [3.8, 4) is 0 Å². The average Bonchev–Trinajstić information content (AvgIpc) is 3.11. The highest BCUT2D eigenvalue weighted by molar-refractivity contribution is 7.10. The van der Waals surface area contributed by atoms with Crippen molar-refractivity contribution in [2.45, 2.75) is 46.1 Å². The van der Waals surface area contributed by atoms with Gasteiger partial charge in [0.2, 0.25) is 0 Å². The second-order valence-electron chi connectivity index (χ2n) is 5.46. The Morgan fingerprint density at radius 2 is 2.32 bits per heavy atom. The second kappa shape index (κ2) is 6.44. The Kier molecular flexibility index (Phi) is 4.38. The molecule has 0 bridgehead atoms. The molecule has 2 aromatic rings. The third-order valence-electron chi connectivity index (χ3n) is 4.12. The monoisotopic (exact) mass is 316 g/mol. The molecule has 2 aromatic heterocycles. The standard InChI is InChI=1S/C16H20N4OS/c1-3-20-11(2)12(9-18-20)8-17-19-16(21)14-10-22-15-7-5-4-6-13(14)15/h8-10H,3-7H2,1-2H3,(H,19,21)/b17-8+. The fourth-order valence-corrected chi connectivity index (χ4v) is 3.94. The van der Waals surface area contributed by atoms with Crippen molar-refractivity contribution in [2.75, 3.05) is 0 Å². The van der Waals surface area contributed by atoms with Crippen molar-refractivity contribution in [1.29, 1.82) is 0 Å². The van der Waals surface area contributed by atoms with Crippen molar-refractivity contribution < 1.29 is 4.79 Å². The number of hydrogen-bond donors (Lipinski definition) is 1. The number of carbonyl (C=O) groups excluding carboxylic acids is 1. The van der Waals surface area contributed by atoms with Crippen molar-refractivity contribution in [2.24, 2.45) is 5.10 Å². The van der Waals surface area contributed by atoms with Crippen LogP contribution in [0.25, 0.3) is 0 Å². The summed E-state index contributed by atoms with van der Waals surface area (Å²) in [5.41, 5.74) is 6.62. The Labute approximate surface area is 134 Å². The van der Waals surface area contributed by atoms with Gasteiger partial charge >= 0.3 is 0 Å². The number of fused-ring (bicyclic) bond motifs is 1. The molecule has 22 heavy (non-hydrogen) atoms. The van der Waals surface area contributed by atoms with Gasteiger partial charge in [-0.25, -0.2) is 5.43 Å². The molecule has 2 heterocycles. The minimum absolute atomic E-state index is 0.115. The van der Waals surface area contributed by atoms with E-state index in [-0.39, 0.29) is 5.91 Å². The van der Waals surface area contributed by atoms with Gasteiger partial charge in [-0.2, -0.15) is 10.2 Å². The van der Waals surface area contributed by atoms with Crippen LogP contribution in [0.3, 0.4) is 0 Å². The number of nitrogens with one attached hydrogen (secondary N) is 1. The van der Waals surface area contributed by atoms with E-state index in [1.807, 2.05) is 23.9 Å². The van der Waals surface area contributed by atoms with Gasteiger partial charge in [0.05, 0.1) is 18.0 Å². The number of hydrogen-bond acceptors (Lipinski definition) is 4. The lowest BCUT2D eigenvalue weighted by molar-refractivity contribution is 0.0954. The van der Waals surface area contributed by atoms with Crippen LogP contribution in [-0.4, -0.2) is 21.9 Å². The highest BCUT2D eigenvalue weighted by Gasteiger charge is 2.19. The molecule has 116 valence electrons. The number of carbonyl (C=O) groups is 1. The quantitative estimate of drug-likeness (QED) is 0.696. The lowest BCUT2D eigenvalue weighted by Gasteiger charge is -2.11. The van der Waals surface area contributed by atoms with Crippen molar-refractivity contribution >= 4 is 23.5 Å². The van der Waals surface area contributed by atoms with Gasteiger partial charge in [-0.05, 0) is 45.1 Å². The summed E-state index contributed by atoms with van der Waals surface area (Å²) in [5.74, 6) is -0.115. The molecule has 6 heteroatoms. The van der Waals surface area contributed by atoms with Crippen LogP contribution < -0.4 is 5.43 Å². The molecule has 1 aliphatic rings. The van der Waals surface area contributed by atoms with Gasteiger partial charge in [-0.3, -0.25) is 9.48 Å². The second-order valence-corrected chi connectivity index (χ2v) is 6.42. The van der Waals surface area contributed by atoms with Crippen LogP contribution >= 0.6 is 11.3 Å². The Bertz CT molecular complexity index is 714. The molecule has 1 N–H and O–H groups in total. The summed E-state index contributed by atoms with van der Waals surface area (Å²) >= 11 is 1.69. The maximum absolute atomic E-state index is 12.3. The van der Waals surface area contributed by atoms with Crippen LogP contribution in [0, 0.1) is 6.92 Å². The minimum atomic E-state index is -0.115. The zero-order chi connectivity index (χ0) is 15.5. The van der Waals surface area contributed by atoms with Gasteiger partial charge in [0.25, 0.3) is 5.91 Å². The summed E-state index contributed by atoms with van der Waals surface area (Å²) in [6.45, 7) is 4.87. The zero-order valence-electron chi connectivity index (χ0n) is 12.9. The van der Waals surface area contributed by atoms with Gasteiger partial charge in [0.15, 0.2) is 0 Å². The zero-order valence-corrected chi connectivity index (χ0v) is 13.7. The Balaban J connectivity index is 1.68. The molecule has 0 saturated heterocycles. The number of hydrazone groups is 1. The third kappa shape index (κ3) is 2.83. The summed E-state index contributed by atoms with van der Waals surface area (Å²) < 4.78 is 1.90. The van der Waals surface area contributed by atoms with Crippen molar-refractivity contribution in [1.82, 2.24) is 15.2 Å². The van der Waals surface area contributed by atoms with E-state index in [9.17, 15) is 4.79 Å². The molecular weight excluding hydrogens is 296 g/mol. The summed E-state index contributed by atoms with van der Waals surface area (Å²) in [7, 11) is 0. The van der Waals surface area contributed by atoms with Crippen LogP contribution in [0.5, 0.6) is 0 Å². The predicted octanol–water partition coefficient (Wildman–Crippen LogP) is 2.92. The van der Waals surface area contributed by atoms with E-state index >= 15 is 0 Å². The molecule has 0 fully saturated rings. The van der Waals surface area contributed by atoms with Crippen molar-refractivity contribution in [3.05, 3.63) is 38.8 Å². The number of aryl methyl sites for hydroxylation is 2. The molecule has 0 radical (unpaired) electrons. The van der Waals surface area contributed by atoms with Gasteiger partial charge in [0, 0.05) is 28.1 Å². The number of aromatic nitrogens is 2. The number of nitrogens with zero attached hydrogens (tertiary/aromatic N) is 3. The smallest absolute Gasteiger partial charge is 0.269 e. The number of amides is 1. The first-order valence-electron chi connectivity index (χ1n) is 7.65. The van der Waals surface area contributed by atoms with Crippen LogP contribution in [0.4, 0.5) is 0 Å². The van der Waals surface area contributed by atoms with E-state index in [1.165, 1.54) is 23.3 Å². The van der Waals surface area contributed by atoms with E-state index in [4.69, 9.17) is 0 Å². The Hall–Kier alpha value is -1.95. The van der Waals surface area contributed by atoms with E-state index in [2.05, 4.69) is 15.6 Å². The van der Waals surface area contributed by atoms with E-state index in [1.54, 1.807) is 23.7 Å². The van der Waals surface area contributed by atoms with Crippen LogP contribution in [-0.2, 0) is 19.4 Å². The maximum Gasteiger partial charge on any atom is 0.272 e. The van der Waals surface area contributed by atoms with E-state index in [0.717, 1.165) is 36.2 Å². The molecule has 1 aliphatic carbocycles. The highest BCUT2D eigenvalue weighted by Crippen LogP contribution is 2.30. The molecule has 1 amide bonds. The first-order chi connectivity index (χ1) is 10.7. The summed E-state index contributed by atoms with van der Waals surface area (Å²) in [4.78, 5) is 13.6. The first-order valence-corrected chi connectivity index (χ1v) is 8.53. The fraction of sp³-hybridized carbons (Fsp3) is 0.438. The van der Waals surface area contributed by atoms with Gasteiger partial charge < -0.3 is 0 Å². The van der Waals surface area contributed by atoms with Gasteiger partial charge in [0.1, 0.15) is 0 Å². The first kappa shape index (κ1) is 15.0.